The van der Waals surface area contributed by atoms with E-state index in [1.54, 1.807) is 11.0 Å². The molecule has 0 saturated carbocycles. The summed E-state index contributed by atoms with van der Waals surface area (Å²) < 4.78 is 29.1. The molecule has 2 fully saturated rings. The summed E-state index contributed by atoms with van der Waals surface area (Å²) in [5.41, 5.74) is 2.78. The molecule has 2 heterocycles. The molecule has 2 saturated heterocycles. The van der Waals surface area contributed by atoms with Gasteiger partial charge in [-0.3, -0.25) is 9.59 Å². The van der Waals surface area contributed by atoms with Crippen molar-refractivity contribution in [2.24, 2.45) is 0 Å². The first-order valence-electron chi connectivity index (χ1n) is 8.49. The molecule has 1 aromatic rings. The summed E-state index contributed by atoms with van der Waals surface area (Å²) in [6.07, 6.45) is -0.212. The third-order valence-electron chi connectivity index (χ3n) is 5.05. The minimum absolute atomic E-state index is 0.0248. The summed E-state index contributed by atoms with van der Waals surface area (Å²) in [6, 6.07) is 5.11. The van der Waals surface area contributed by atoms with Crippen molar-refractivity contribution in [2.75, 3.05) is 24.7 Å². The number of benzene rings is 1. The minimum atomic E-state index is -3.16. The molecule has 2 aliphatic rings. The minimum Gasteiger partial charge on any atom is -0.373 e. The molecule has 2 atom stereocenters. The van der Waals surface area contributed by atoms with Crippen molar-refractivity contribution in [3.63, 3.8) is 0 Å². The van der Waals surface area contributed by atoms with Crippen molar-refractivity contribution in [1.29, 1.82) is 0 Å². The monoisotopic (exact) mass is 365 g/mol. The van der Waals surface area contributed by atoms with E-state index in [0.29, 0.717) is 18.7 Å². The Bertz CT molecular complexity index is 802. The van der Waals surface area contributed by atoms with Crippen LogP contribution in [0.5, 0.6) is 0 Å². The van der Waals surface area contributed by atoms with Crippen molar-refractivity contribution in [2.45, 2.75) is 38.8 Å². The largest absolute Gasteiger partial charge is 0.373 e. The van der Waals surface area contributed by atoms with E-state index in [4.69, 9.17) is 4.74 Å². The molecule has 136 valence electrons. The lowest BCUT2D eigenvalue weighted by Crippen LogP contribution is -2.53. The van der Waals surface area contributed by atoms with Crippen LogP contribution < -0.4 is 0 Å². The quantitative estimate of drug-likeness (QED) is 0.751. The number of carbonyl (C=O) groups is 2. The van der Waals surface area contributed by atoms with Crippen LogP contribution in [-0.2, 0) is 19.4 Å². The maximum atomic E-state index is 12.5. The van der Waals surface area contributed by atoms with Crippen LogP contribution in [0.1, 0.15) is 34.3 Å². The Morgan fingerprint density at radius 3 is 2.64 bits per heavy atom. The van der Waals surface area contributed by atoms with E-state index >= 15 is 0 Å². The average molecular weight is 365 g/mol. The van der Waals surface area contributed by atoms with Crippen LogP contribution in [0.25, 0.3) is 0 Å². The number of nitrogens with zero attached hydrogens (tertiary/aromatic N) is 1. The molecule has 0 bridgehead atoms. The highest BCUT2D eigenvalue weighted by atomic mass is 32.2. The summed E-state index contributed by atoms with van der Waals surface area (Å²) in [7, 11) is -3.16. The van der Waals surface area contributed by atoms with Crippen LogP contribution in [0.2, 0.25) is 0 Å². The highest BCUT2D eigenvalue weighted by Crippen LogP contribution is 2.25. The molecule has 7 heteroatoms. The van der Waals surface area contributed by atoms with Gasteiger partial charge in [-0.1, -0.05) is 12.1 Å². The molecule has 0 aliphatic carbocycles. The summed E-state index contributed by atoms with van der Waals surface area (Å²) in [4.78, 5) is 26.5. The molecule has 0 N–H and O–H groups in total. The Balaban J connectivity index is 1.62. The van der Waals surface area contributed by atoms with E-state index in [0.717, 1.165) is 11.1 Å². The van der Waals surface area contributed by atoms with E-state index in [-0.39, 0.29) is 36.0 Å². The van der Waals surface area contributed by atoms with Gasteiger partial charge in [-0.2, -0.15) is 0 Å². The maximum absolute atomic E-state index is 12.5. The predicted octanol–water partition coefficient (Wildman–Crippen LogP) is 1.29. The zero-order valence-electron chi connectivity index (χ0n) is 14.5. The van der Waals surface area contributed by atoms with Gasteiger partial charge in [0.05, 0.1) is 30.3 Å². The molecule has 25 heavy (non-hydrogen) atoms. The second-order valence-corrected chi connectivity index (χ2v) is 9.02. The van der Waals surface area contributed by atoms with Gasteiger partial charge in [-0.25, -0.2) is 8.42 Å². The Labute approximate surface area is 148 Å². The number of aryl methyl sites for hydroxylation is 2. The summed E-state index contributed by atoms with van der Waals surface area (Å²) >= 11 is 0. The SMILES string of the molecule is Cc1ccc(C(=O)CCC(=O)N2CCOC3CS(=O)(=O)CC32)cc1C. The molecule has 0 aromatic heterocycles. The Hall–Kier alpha value is -1.73. The zero-order valence-corrected chi connectivity index (χ0v) is 15.3. The van der Waals surface area contributed by atoms with E-state index < -0.39 is 22.0 Å². The lowest BCUT2D eigenvalue weighted by Gasteiger charge is -2.36. The normalized spacial score (nSPS) is 24.8. The third kappa shape index (κ3) is 3.93. The molecular weight excluding hydrogens is 342 g/mol. The number of ether oxygens (including phenoxy) is 1. The first-order chi connectivity index (χ1) is 11.8. The van der Waals surface area contributed by atoms with Crippen molar-refractivity contribution < 1.29 is 22.7 Å². The van der Waals surface area contributed by atoms with Gasteiger partial charge >= 0.3 is 0 Å². The van der Waals surface area contributed by atoms with Crippen LogP contribution in [0.3, 0.4) is 0 Å². The fourth-order valence-electron chi connectivity index (χ4n) is 3.45. The Morgan fingerprint density at radius 2 is 1.92 bits per heavy atom. The first kappa shape index (κ1) is 18.1. The topological polar surface area (TPSA) is 80.8 Å². The molecular formula is C18H23NO5S. The summed E-state index contributed by atoms with van der Waals surface area (Å²) in [6.45, 7) is 4.66. The van der Waals surface area contributed by atoms with Crippen LogP contribution >= 0.6 is 0 Å². The Kier molecular flexibility index (Phi) is 4.97. The molecule has 1 aromatic carbocycles. The van der Waals surface area contributed by atoms with Crippen molar-refractivity contribution in [1.82, 2.24) is 4.90 Å². The lowest BCUT2D eigenvalue weighted by molar-refractivity contribution is -0.142. The number of hydrogen-bond acceptors (Lipinski definition) is 5. The van der Waals surface area contributed by atoms with Gasteiger partial charge in [-0.15, -0.1) is 0 Å². The molecule has 2 aliphatic heterocycles. The van der Waals surface area contributed by atoms with Crippen molar-refractivity contribution in [3.05, 3.63) is 34.9 Å². The number of morpholine rings is 1. The molecule has 3 rings (SSSR count). The zero-order chi connectivity index (χ0) is 18.2. The fraction of sp³-hybridized carbons (Fsp3) is 0.556. The molecule has 0 radical (unpaired) electrons. The van der Waals surface area contributed by atoms with E-state index in [1.807, 2.05) is 26.0 Å². The maximum Gasteiger partial charge on any atom is 0.223 e. The second-order valence-electron chi connectivity index (χ2n) is 6.86. The number of carbonyl (C=O) groups excluding carboxylic acids is 2. The number of Topliss-reactive ketones (excluding diaryl/α,β-unsaturated/α-hetero) is 1. The number of fused-ring (bicyclic) bond motifs is 1. The molecule has 6 nitrogen and oxygen atoms in total. The highest BCUT2D eigenvalue weighted by molar-refractivity contribution is 7.91. The third-order valence-corrected chi connectivity index (χ3v) is 6.74. The van der Waals surface area contributed by atoms with Gasteiger partial charge in [0.25, 0.3) is 0 Å². The summed E-state index contributed by atoms with van der Waals surface area (Å²) in [5.74, 6) is -0.315. The number of ketones is 1. The standard InChI is InChI=1S/C18H23NO5S/c1-12-3-4-14(9-13(12)2)16(20)5-6-18(21)19-7-8-24-17-11-25(22,23)10-15(17)19/h3-4,9,15,17H,5-8,10-11H2,1-2H3. The highest BCUT2D eigenvalue weighted by Gasteiger charge is 2.45. The van der Waals surface area contributed by atoms with Gasteiger partial charge < -0.3 is 9.64 Å². The molecule has 1 amide bonds. The molecule has 0 spiro atoms. The molecule has 2 unspecified atom stereocenters. The average Bonchev–Trinajstić information content (AvgIpc) is 2.88. The van der Waals surface area contributed by atoms with Gasteiger partial charge in [-0.05, 0) is 31.0 Å². The summed E-state index contributed by atoms with van der Waals surface area (Å²) in [5, 5.41) is 0. The van der Waals surface area contributed by atoms with E-state index in [9.17, 15) is 18.0 Å². The van der Waals surface area contributed by atoms with Gasteiger partial charge in [0, 0.05) is 24.9 Å². The number of hydrogen-bond donors (Lipinski definition) is 0. The van der Waals surface area contributed by atoms with Crippen LogP contribution in [-0.4, -0.2) is 61.8 Å². The Morgan fingerprint density at radius 1 is 1.16 bits per heavy atom. The van der Waals surface area contributed by atoms with Crippen LogP contribution in [0.15, 0.2) is 18.2 Å². The van der Waals surface area contributed by atoms with Gasteiger partial charge in [0.2, 0.25) is 5.91 Å². The second kappa shape index (κ2) is 6.88. The predicted molar refractivity (Wildman–Crippen MR) is 93.4 cm³/mol. The van der Waals surface area contributed by atoms with Gasteiger partial charge in [0.1, 0.15) is 0 Å². The van der Waals surface area contributed by atoms with Crippen molar-refractivity contribution >= 4 is 21.5 Å². The van der Waals surface area contributed by atoms with Crippen LogP contribution in [0, 0.1) is 13.8 Å². The van der Waals surface area contributed by atoms with Gasteiger partial charge in [0.15, 0.2) is 15.6 Å². The fourth-order valence-corrected chi connectivity index (χ4v) is 5.32. The number of rotatable bonds is 4. The number of sulfone groups is 1. The lowest BCUT2D eigenvalue weighted by atomic mass is 10.0. The van der Waals surface area contributed by atoms with E-state index in [2.05, 4.69) is 0 Å². The number of amides is 1. The van der Waals surface area contributed by atoms with E-state index in [1.165, 1.54) is 0 Å². The van der Waals surface area contributed by atoms with Crippen molar-refractivity contribution in [3.8, 4) is 0 Å². The smallest absolute Gasteiger partial charge is 0.223 e. The first-order valence-corrected chi connectivity index (χ1v) is 10.3. The van der Waals surface area contributed by atoms with Crippen LogP contribution in [0.4, 0.5) is 0 Å².